The monoisotopic (exact) mass is 497 g/mol. The van der Waals surface area contributed by atoms with E-state index in [1.165, 1.54) is 12.1 Å². The van der Waals surface area contributed by atoms with Gasteiger partial charge in [-0.3, -0.25) is 15.2 Å². The van der Waals surface area contributed by atoms with Crippen LogP contribution in [0.5, 0.6) is 0 Å². The molecule has 9 heteroatoms. The fraction of sp³-hybridized carbons (Fsp3) is 0.357. The van der Waals surface area contributed by atoms with E-state index in [1.807, 2.05) is 18.3 Å². The minimum atomic E-state index is -0.273. The molecule has 0 spiro atoms. The molecule has 4 atom stereocenters. The molecular weight excluding hydrogens is 469 g/mol. The maximum atomic E-state index is 13.9. The predicted molar refractivity (Wildman–Crippen MR) is 138 cm³/mol. The Bertz CT molecular complexity index is 1480. The number of hydrazine groups is 1. The zero-order valence-electron chi connectivity index (χ0n) is 20.2. The number of anilines is 1. The first-order chi connectivity index (χ1) is 18.1. The van der Waals surface area contributed by atoms with E-state index < -0.39 is 0 Å². The van der Waals surface area contributed by atoms with Crippen molar-refractivity contribution >= 4 is 22.8 Å². The maximum absolute atomic E-state index is 13.9. The van der Waals surface area contributed by atoms with Crippen LogP contribution in [0.4, 0.5) is 10.1 Å². The van der Waals surface area contributed by atoms with Crippen molar-refractivity contribution in [3.05, 3.63) is 72.2 Å². The number of hydrogen-bond acceptors (Lipinski definition) is 6. The fourth-order valence-corrected chi connectivity index (χ4v) is 5.94. The van der Waals surface area contributed by atoms with E-state index in [4.69, 9.17) is 4.98 Å². The van der Waals surface area contributed by atoms with Crippen LogP contribution in [0, 0.1) is 17.7 Å². The number of nitrogens with one attached hydrogen (secondary N) is 4. The highest BCUT2D eigenvalue weighted by atomic mass is 19.1. The fourth-order valence-electron chi connectivity index (χ4n) is 5.94. The molecule has 0 radical (unpaired) electrons. The van der Waals surface area contributed by atoms with Crippen LogP contribution < -0.4 is 16.2 Å². The normalized spacial score (nSPS) is 25.2. The van der Waals surface area contributed by atoms with Gasteiger partial charge in [-0.25, -0.2) is 19.8 Å². The van der Waals surface area contributed by atoms with Crippen LogP contribution in [-0.4, -0.2) is 31.9 Å². The molecule has 1 aliphatic heterocycles. The summed E-state index contributed by atoms with van der Waals surface area (Å²) in [5.74, 6) is 1.49. The van der Waals surface area contributed by atoms with E-state index in [9.17, 15) is 9.18 Å². The number of pyridine rings is 2. The summed E-state index contributed by atoms with van der Waals surface area (Å²) in [6, 6.07) is 10.9. The first-order valence-corrected chi connectivity index (χ1v) is 13.0. The number of carbonyl (C=O) groups is 1. The number of nitrogens with zero attached hydrogens (tertiary/aromatic N) is 3. The van der Waals surface area contributed by atoms with Crippen molar-refractivity contribution in [2.45, 2.75) is 50.1 Å². The van der Waals surface area contributed by atoms with Crippen LogP contribution in [-0.2, 0) is 4.79 Å². The second-order valence-electron chi connectivity index (χ2n) is 10.5. The summed E-state index contributed by atoms with van der Waals surface area (Å²) < 4.78 is 13.9. The molecule has 37 heavy (non-hydrogen) atoms. The molecule has 8 nitrogen and oxygen atoms in total. The third-order valence-electron chi connectivity index (χ3n) is 8.04. The van der Waals surface area contributed by atoms with Gasteiger partial charge < -0.3 is 10.3 Å². The molecule has 4 aromatic rings. The summed E-state index contributed by atoms with van der Waals surface area (Å²) in [5.41, 5.74) is 12.0. The number of H-pyrrole nitrogens is 1. The van der Waals surface area contributed by atoms with Crippen molar-refractivity contribution in [1.82, 2.24) is 30.8 Å². The highest BCUT2D eigenvalue weighted by molar-refractivity contribution is 5.94. The third kappa shape index (κ3) is 4.28. The minimum Gasteiger partial charge on any atom is -0.339 e. The van der Waals surface area contributed by atoms with Gasteiger partial charge in [0, 0.05) is 29.9 Å². The Hall–Kier alpha value is -3.69. The van der Waals surface area contributed by atoms with Gasteiger partial charge in [-0.15, -0.1) is 0 Å². The van der Waals surface area contributed by atoms with E-state index in [2.05, 4.69) is 37.2 Å². The third-order valence-corrected chi connectivity index (χ3v) is 8.04. The molecule has 4 unspecified atom stereocenters. The molecule has 7 rings (SSSR count). The van der Waals surface area contributed by atoms with Crippen molar-refractivity contribution in [1.29, 1.82) is 0 Å². The number of amides is 1. The van der Waals surface area contributed by atoms with Gasteiger partial charge in [-0.05, 0) is 79.3 Å². The topological polar surface area (TPSA) is 108 Å². The molecule has 0 bridgehead atoms. The minimum absolute atomic E-state index is 0.00642. The largest absolute Gasteiger partial charge is 0.339 e. The maximum Gasteiger partial charge on any atom is 0.227 e. The van der Waals surface area contributed by atoms with Crippen LogP contribution in [0.1, 0.15) is 55.5 Å². The summed E-state index contributed by atoms with van der Waals surface area (Å²) in [7, 11) is 0. The number of fused-ring (bicyclic) bond motifs is 2. The Morgan fingerprint density at radius 2 is 1.97 bits per heavy atom. The molecule has 3 aromatic heterocycles. The van der Waals surface area contributed by atoms with Crippen molar-refractivity contribution in [3.63, 3.8) is 0 Å². The van der Waals surface area contributed by atoms with Gasteiger partial charge >= 0.3 is 0 Å². The lowest BCUT2D eigenvalue weighted by Gasteiger charge is -2.33. The molecule has 2 aliphatic carbocycles. The predicted octanol–water partition coefficient (Wildman–Crippen LogP) is 4.61. The quantitative estimate of drug-likeness (QED) is 0.321. The number of halogens is 1. The molecule has 1 aromatic carbocycles. The van der Waals surface area contributed by atoms with Gasteiger partial charge in [0.2, 0.25) is 5.91 Å². The van der Waals surface area contributed by atoms with Crippen LogP contribution in [0.2, 0.25) is 0 Å². The highest BCUT2D eigenvalue weighted by Gasteiger charge is 2.43. The number of rotatable bonds is 5. The van der Waals surface area contributed by atoms with Crippen LogP contribution in [0.3, 0.4) is 0 Å². The van der Waals surface area contributed by atoms with Gasteiger partial charge in [0.1, 0.15) is 11.6 Å². The molecule has 188 valence electrons. The van der Waals surface area contributed by atoms with Crippen LogP contribution in [0.25, 0.3) is 22.3 Å². The molecule has 2 saturated carbocycles. The average molecular weight is 498 g/mol. The zero-order valence-corrected chi connectivity index (χ0v) is 20.2. The second kappa shape index (κ2) is 9.00. The second-order valence-corrected chi connectivity index (χ2v) is 10.5. The smallest absolute Gasteiger partial charge is 0.227 e. The SMILES string of the molecule is O=C(Nc1cncc(C2CCC3NNC(c4nc5nccc(-c6cccc(F)c6)c5[nH]4)C3C2)c1)C1CC1. The Morgan fingerprint density at radius 1 is 1.05 bits per heavy atom. The van der Waals surface area contributed by atoms with Crippen LogP contribution in [0.15, 0.2) is 55.0 Å². The number of carbonyl (C=O) groups excluding carboxylic acids is 1. The molecule has 1 amide bonds. The molecular formula is C28H28FN7O. The summed E-state index contributed by atoms with van der Waals surface area (Å²) in [5, 5.41) is 3.03. The number of hydrogen-bond donors (Lipinski definition) is 4. The van der Waals surface area contributed by atoms with E-state index in [0.717, 1.165) is 65.8 Å². The van der Waals surface area contributed by atoms with E-state index >= 15 is 0 Å². The summed E-state index contributed by atoms with van der Waals surface area (Å²) >= 11 is 0. The van der Waals surface area contributed by atoms with E-state index in [0.29, 0.717) is 23.5 Å². The van der Waals surface area contributed by atoms with Crippen molar-refractivity contribution < 1.29 is 9.18 Å². The average Bonchev–Trinajstić information content (AvgIpc) is 3.55. The lowest BCUT2D eigenvalue weighted by atomic mass is 9.73. The van der Waals surface area contributed by atoms with Crippen molar-refractivity contribution in [2.24, 2.45) is 11.8 Å². The Labute approximate surface area is 213 Å². The van der Waals surface area contributed by atoms with E-state index in [-0.39, 0.29) is 23.7 Å². The molecule has 4 heterocycles. The molecule has 3 fully saturated rings. The zero-order chi connectivity index (χ0) is 24.9. The Balaban J connectivity index is 1.14. The summed E-state index contributed by atoms with van der Waals surface area (Å²) in [6.07, 6.45) is 10.4. The molecule has 3 aliphatic rings. The first kappa shape index (κ1) is 22.5. The van der Waals surface area contributed by atoms with Crippen LogP contribution >= 0.6 is 0 Å². The lowest BCUT2D eigenvalue weighted by Crippen LogP contribution is -2.34. The number of imidazole rings is 1. The highest BCUT2D eigenvalue weighted by Crippen LogP contribution is 2.44. The number of aromatic amines is 1. The van der Waals surface area contributed by atoms with Gasteiger partial charge in [0.15, 0.2) is 5.65 Å². The number of benzene rings is 1. The first-order valence-electron chi connectivity index (χ1n) is 13.0. The van der Waals surface area contributed by atoms with Crippen molar-refractivity contribution in [2.75, 3.05) is 5.32 Å². The Morgan fingerprint density at radius 3 is 2.84 bits per heavy atom. The summed E-state index contributed by atoms with van der Waals surface area (Å²) in [6.45, 7) is 0. The summed E-state index contributed by atoms with van der Waals surface area (Å²) in [4.78, 5) is 29.5. The van der Waals surface area contributed by atoms with E-state index in [1.54, 1.807) is 18.5 Å². The Kier molecular flexibility index (Phi) is 5.48. The molecule has 4 N–H and O–H groups in total. The van der Waals surface area contributed by atoms with Gasteiger partial charge in [-0.1, -0.05) is 12.1 Å². The number of aromatic nitrogens is 4. The van der Waals surface area contributed by atoms with Gasteiger partial charge in [0.05, 0.1) is 23.4 Å². The van der Waals surface area contributed by atoms with Crippen molar-refractivity contribution in [3.8, 4) is 11.1 Å². The molecule has 1 saturated heterocycles. The lowest BCUT2D eigenvalue weighted by molar-refractivity contribution is -0.117. The van der Waals surface area contributed by atoms with Gasteiger partial charge in [0.25, 0.3) is 0 Å². The van der Waals surface area contributed by atoms with Gasteiger partial charge in [-0.2, -0.15) is 0 Å². The standard InChI is InChI=1S/C28H28FN7O/c29-19-3-1-2-17(10-19)21-8-9-31-26-24(21)33-27(34-26)25-22-12-16(6-7-23(22)35-36-25)18-11-20(14-30-13-18)32-28(37)15-4-5-15/h1-3,8-11,13-16,22-23,25,35-36H,4-7,12H2,(H,32,37)(H,31,33,34).